The molecular formula is C12H16N4S. The van der Waals surface area contributed by atoms with E-state index in [1.807, 2.05) is 16.3 Å². The Morgan fingerprint density at radius 1 is 1.47 bits per heavy atom. The lowest BCUT2D eigenvalue weighted by Gasteiger charge is -2.03. The molecule has 1 fully saturated rings. The third-order valence-electron chi connectivity index (χ3n) is 3.19. The number of hydrogen-bond acceptors (Lipinski definition) is 4. The van der Waals surface area contributed by atoms with Crippen molar-refractivity contribution in [3.8, 4) is 5.13 Å². The molecule has 0 aromatic carbocycles. The summed E-state index contributed by atoms with van der Waals surface area (Å²) in [6.07, 6.45) is 4.45. The first-order valence-electron chi connectivity index (χ1n) is 5.94. The highest BCUT2D eigenvalue weighted by Crippen LogP contribution is 2.22. The monoisotopic (exact) mass is 248 g/mol. The number of rotatable bonds is 4. The van der Waals surface area contributed by atoms with Crippen molar-refractivity contribution in [3.63, 3.8) is 0 Å². The number of hydrogen-bond donors (Lipinski definition) is 1. The molecule has 90 valence electrons. The Kier molecular flexibility index (Phi) is 2.72. The number of aryl methyl sites for hydroxylation is 1. The van der Waals surface area contributed by atoms with E-state index in [1.54, 1.807) is 11.3 Å². The van der Waals surface area contributed by atoms with Crippen LogP contribution in [0.2, 0.25) is 0 Å². The molecule has 0 aliphatic heterocycles. The molecule has 2 aromatic rings. The summed E-state index contributed by atoms with van der Waals surface area (Å²) in [7, 11) is 0. The van der Waals surface area contributed by atoms with Crippen LogP contribution in [-0.4, -0.2) is 20.8 Å². The Bertz CT molecular complexity index is 511. The first kappa shape index (κ1) is 10.9. The summed E-state index contributed by atoms with van der Waals surface area (Å²) in [5.74, 6) is 0. The average Bonchev–Trinajstić information content (AvgIpc) is 2.89. The summed E-state index contributed by atoms with van der Waals surface area (Å²) in [6, 6.07) is 0.733. The zero-order valence-corrected chi connectivity index (χ0v) is 10.9. The Balaban J connectivity index is 1.88. The van der Waals surface area contributed by atoms with Crippen molar-refractivity contribution in [1.29, 1.82) is 0 Å². The van der Waals surface area contributed by atoms with E-state index in [1.165, 1.54) is 24.1 Å². The first-order valence-corrected chi connectivity index (χ1v) is 6.82. The second-order valence-electron chi connectivity index (χ2n) is 4.53. The fourth-order valence-electron chi connectivity index (χ4n) is 1.97. The van der Waals surface area contributed by atoms with E-state index in [2.05, 4.69) is 29.2 Å². The van der Waals surface area contributed by atoms with Crippen LogP contribution in [0.25, 0.3) is 5.13 Å². The lowest BCUT2D eigenvalue weighted by atomic mass is 10.2. The standard InChI is InChI=1S/C12H16N4S/c1-8-11(7-14-10-3-4-10)9(2)16(15-8)12-13-5-6-17-12/h5-6,10,14H,3-4,7H2,1-2H3. The summed E-state index contributed by atoms with van der Waals surface area (Å²) < 4.78 is 1.95. The second kappa shape index (κ2) is 4.23. The molecule has 0 atom stereocenters. The van der Waals surface area contributed by atoms with Gasteiger partial charge in [0.15, 0.2) is 0 Å². The van der Waals surface area contributed by atoms with Crippen LogP contribution in [0, 0.1) is 13.8 Å². The van der Waals surface area contributed by atoms with Crippen molar-refractivity contribution in [2.45, 2.75) is 39.3 Å². The normalized spacial score (nSPS) is 15.4. The molecule has 0 amide bonds. The minimum absolute atomic E-state index is 0.733. The SMILES string of the molecule is Cc1nn(-c2nccs2)c(C)c1CNC1CC1. The molecule has 1 aliphatic rings. The lowest BCUT2D eigenvalue weighted by Crippen LogP contribution is -2.16. The van der Waals surface area contributed by atoms with Gasteiger partial charge in [0.2, 0.25) is 5.13 Å². The average molecular weight is 248 g/mol. The van der Waals surface area contributed by atoms with Crippen LogP contribution in [-0.2, 0) is 6.54 Å². The van der Waals surface area contributed by atoms with Crippen molar-refractivity contribution < 1.29 is 0 Å². The maximum atomic E-state index is 4.58. The molecule has 0 saturated heterocycles. The largest absolute Gasteiger partial charge is 0.310 e. The van der Waals surface area contributed by atoms with E-state index in [4.69, 9.17) is 0 Å². The predicted octanol–water partition coefficient (Wildman–Crippen LogP) is 2.20. The highest BCUT2D eigenvalue weighted by atomic mass is 32.1. The minimum atomic E-state index is 0.733. The predicted molar refractivity (Wildman–Crippen MR) is 68.6 cm³/mol. The number of aromatic nitrogens is 3. The van der Waals surface area contributed by atoms with E-state index in [0.717, 1.165) is 23.4 Å². The molecule has 2 heterocycles. The topological polar surface area (TPSA) is 42.7 Å². The Morgan fingerprint density at radius 3 is 2.94 bits per heavy atom. The summed E-state index contributed by atoms with van der Waals surface area (Å²) in [4.78, 5) is 4.31. The second-order valence-corrected chi connectivity index (χ2v) is 5.40. The first-order chi connectivity index (χ1) is 8.25. The van der Waals surface area contributed by atoms with Crippen LogP contribution in [0.4, 0.5) is 0 Å². The van der Waals surface area contributed by atoms with Gasteiger partial charge in [-0.3, -0.25) is 0 Å². The van der Waals surface area contributed by atoms with Crippen LogP contribution in [0.5, 0.6) is 0 Å². The molecule has 4 nitrogen and oxygen atoms in total. The van der Waals surface area contributed by atoms with E-state index in [9.17, 15) is 0 Å². The molecule has 3 rings (SSSR count). The molecule has 1 saturated carbocycles. The maximum absolute atomic E-state index is 4.58. The van der Waals surface area contributed by atoms with E-state index in [-0.39, 0.29) is 0 Å². The van der Waals surface area contributed by atoms with Gasteiger partial charge in [-0.05, 0) is 26.7 Å². The van der Waals surface area contributed by atoms with Gasteiger partial charge in [0.05, 0.1) is 5.69 Å². The van der Waals surface area contributed by atoms with Gasteiger partial charge in [-0.2, -0.15) is 5.10 Å². The van der Waals surface area contributed by atoms with Crippen LogP contribution in [0.3, 0.4) is 0 Å². The Hall–Kier alpha value is -1.20. The summed E-state index contributed by atoms with van der Waals surface area (Å²) in [5, 5.41) is 11.0. The molecule has 17 heavy (non-hydrogen) atoms. The van der Waals surface area contributed by atoms with Crippen molar-refractivity contribution in [2.24, 2.45) is 0 Å². The molecule has 5 heteroatoms. The van der Waals surface area contributed by atoms with Crippen LogP contribution < -0.4 is 5.32 Å². The summed E-state index contributed by atoms with van der Waals surface area (Å²) in [6.45, 7) is 5.11. The minimum Gasteiger partial charge on any atom is -0.310 e. The van der Waals surface area contributed by atoms with E-state index in [0.29, 0.717) is 0 Å². The lowest BCUT2D eigenvalue weighted by molar-refractivity contribution is 0.682. The maximum Gasteiger partial charge on any atom is 0.210 e. The van der Waals surface area contributed by atoms with Crippen molar-refractivity contribution in [3.05, 3.63) is 28.5 Å². The van der Waals surface area contributed by atoms with Crippen LogP contribution >= 0.6 is 11.3 Å². The quantitative estimate of drug-likeness (QED) is 0.902. The highest BCUT2D eigenvalue weighted by Gasteiger charge is 2.22. The molecule has 0 spiro atoms. The number of nitrogens with one attached hydrogen (secondary N) is 1. The van der Waals surface area contributed by atoms with Gasteiger partial charge in [-0.25, -0.2) is 9.67 Å². The summed E-state index contributed by atoms with van der Waals surface area (Å²) in [5.41, 5.74) is 3.61. The van der Waals surface area contributed by atoms with Crippen molar-refractivity contribution in [1.82, 2.24) is 20.1 Å². The molecule has 1 N–H and O–H groups in total. The van der Waals surface area contributed by atoms with Gasteiger partial charge in [0.1, 0.15) is 0 Å². The molecule has 0 radical (unpaired) electrons. The molecular weight excluding hydrogens is 232 g/mol. The Labute approximate surface area is 105 Å². The number of thiazole rings is 1. The fraction of sp³-hybridized carbons (Fsp3) is 0.500. The molecule has 0 bridgehead atoms. The zero-order valence-electron chi connectivity index (χ0n) is 10.1. The fourth-order valence-corrected chi connectivity index (χ4v) is 2.61. The summed E-state index contributed by atoms with van der Waals surface area (Å²) >= 11 is 1.62. The van der Waals surface area contributed by atoms with Gasteiger partial charge in [-0.1, -0.05) is 0 Å². The van der Waals surface area contributed by atoms with Gasteiger partial charge >= 0.3 is 0 Å². The van der Waals surface area contributed by atoms with Crippen molar-refractivity contribution in [2.75, 3.05) is 0 Å². The highest BCUT2D eigenvalue weighted by molar-refractivity contribution is 7.12. The van der Waals surface area contributed by atoms with Crippen molar-refractivity contribution >= 4 is 11.3 Å². The zero-order chi connectivity index (χ0) is 11.8. The third-order valence-corrected chi connectivity index (χ3v) is 3.93. The molecule has 2 aromatic heterocycles. The van der Waals surface area contributed by atoms with Gasteiger partial charge < -0.3 is 5.32 Å². The van der Waals surface area contributed by atoms with Crippen LogP contribution in [0.1, 0.15) is 29.8 Å². The van der Waals surface area contributed by atoms with Gasteiger partial charge in [0, 0.05) is 35.4 Å². The van der Waals surface area contributed by atoms with Crippen LogP contribution in [0.15, 0.2) is 11.6 Å². The Morgan fingerprint density at radius 2 is 2.29 bits per heavy atom. The van der Waals surface area contributed by atoms with Gasteiger partial charge in [-0.15, -0.1) is 11.3 Å². The van der Waals surface area contributed by atoms with E-state index >= 15 is 0 Å². The number of nitrogens with zero attached hydrogens (tertiary/aromatic N) is 3. The van der Waals surface area contributed by atoms with Gasteiger partial charge in [0.25, 0.3) is 0 Å². The third kappa shape index (κ3) is 2.12. The smallest absolute Gasteiger partial charge is 0.210 e. The molecule has 0 unspecified atom stereocenters. The van der Waals surface area contributed by atoms with E-state index < -0.39 is 0 Å². The molecule has 1 aliphatic carbocycles.